The molecule has 24 heavy (non-hydrogen) atoms. The number of benzene rings is 1. The van der Waals surface area contributed by atoms with Gasteiger partial charge in [0.05, 0.1) is 23.2 Å². The molecule has 1 aromatic heterocycles. The summed E-state index contributed by atoms with van der Waals surface area (Å²) in [6.45, 7) is 4.27. The summed E-state index contributed by atoms with van der Waals surface area (Å²) in [5.41, 5.74) is 0.459. The van der Waals surface area contributed by atoms with E-state index in [2.05, 4.69) is 4.98 Å². The van der Waals surface area contributed by atoms with E-state index in [-0.39, 0.29) is 36.4 Å². The summed E-state index contributed by atoms with van der Waals surface area (Å²) in [7, 11) is 0. The summed E-state index contributed by atoms with van der Waals surface area (Å²) < 4.78 is 6.34. The van der Waals surface area contributed by atoms with Gasteiger partial charge in [0.1, 0.15) is 6.61 Å². The number of aromatic nitrogens is 2. The minimum absolute atomic E-state index is 0.0204. The van der Waals surface area contributed by atoms with Crippen molar-refractivity contribution >= 4 is 34.7 Å². The first kappa shape index (κ1) is 16.5. The number of thioether (sulfide) groups is 1. The molecule has 7 nitrogen and oxygen atoms in total. The number of rotatable bonds is 4. The van der Waals surface area contributed by atoms with Gasteiger partial charge in [0.2, 0.25) is 5.91 Å². The molecule has 0 aliphatic carbocycles. The lowest BCUT2D eigenvalue weighted by molar-refractivity contribution is -0.125. The zero-order chi connectivity index (χ0) is 17.3. The first-order chi connectivity index (χ1) is 11.5. The quantitative estimate of drug-likeness (QED) is 0.622. The van der Waals surface area contributed by atoms with E-state index < -0.39 is 6.09 Å². The van der Waals surface area contributed by atoms with Crippen LogP contribution in [0.4, 0.5) is 4.79 Å². The Kier molecular flexibility index (Phi) is 4.57. The van der Waals surface area contributed by atoms with E-state index in [4.69, 9.17) is 4.74 Å². The van der Waals surface area contributed by atoms with Crippen LogP contribution in [0.5, 0.6) is 0 Å². The first-order valence-corrected chi connectivity index (χ1v) is 8.59. The van der Waals surface area contributed by atoms with Crippen LogP contribution in [0.25, 0.3) is 10.9 Å². The Morgan fingerprint density at radius 2 is 2.08 bits per heavy atom. The maximum Gasteiger partial charge on any atom is 0.416 e. The number of imide groups is 1. The van der Waals surface area contributed by atoms with E-state index in [9.17, 15) is 14.4 Å². The molecule has 1 aromatic carbocycles. The van der Waals surface area contributed by atoms with Crippen molar-refractivity contribution < 1.29 is 14.3 Å². The summed E-state index contributed by atoms with van der Waals surface area (Å²) in [6.07, 6.45) is -0.617. The number of carbonyl (C=O) groups is 2. The van der Waals surface area contributed by atoms with Gasteiger partial charge in [0.25, 0.3) is 5.56 Å². The fraction of sp³-hybridized carbons (Fsp3) is 0.375. The van der Waals surface area contributed by atoms with Gasteiger partial charge >= 0.3 is 6.09 Å². The summed E-state index contributed by atoms with van der Waals surface area (Å²) >= 11 is 1.15. The molecule has 0 bridgehead atoms. The van der Waals surface area contributed by atoms with Gasteiger partial charge in [-0.2, -0.15) is 0 Å². The third-order valence-corrected chi connectivity index (χ3v) is 4.62. The van der Waals surface area contributed by atoms with Crippen LogP contribution in [-0.4, -0.2) is 45.4 Å². The summed E-state index contributed by atoms with van der Waals surface area (Å²) in [5.74, 6) is -0.327. The van der Waals surface area contributed by atoms with Crippen LogP contribution in [0.3, 0.4) is 0 Å². The van der Waals surface area contributed by atoms with Gasteiger partial charge in [-0.25, -0.2) is 14.7 Å². The predicted octanol–water partition coefficient (Wildman–Crippen LogP) is 2.05. The summed E-state index contributed by atoms with van der Waals surface area (Å²) in [5, 5.41) is 1.01. The van der Waals surface area contributed by atoms with Crippen LogP contribution in [0.2, 0.25) is 0 Å². The van der Waals surface area contributed by atoms with Gasteiger partial charge in [0.15, 0.2) is 5.16 Å². The molecule has 1 aliphatic rings. The monoisotopic (exact) mass is 347 g/mol. The number of para-hydroxylation sites is 1. The molecule has 0 radical (unpaired) electrons. The normalized spacial score (nSPS) is 14.5. The smallest absolute Gasteiger partial charge is 0.416 e. The Balaban J connectivity index is 1.91. The third-order valence-electron chi connectivity index (χ3n) is 3.68. The van der Waals surface area contributed by atoms with Gasteiger partial charge in [-0.1, -0.05) is 23.9 Å². The highest BCUT2D eigenvalue weighted by Crippen LogP contribution is 2.21. The Morgan fingerprint density at radius 1 is 1.33 bits per heavy atom. The second kappa shape index (κ2) is 6.64. The molecule has 1 saturated heterocycles. The molecular weight excluding hydrogens is 330 g/mol. The van der Waals surface area contributed by atoms with E-state index in [1.807, 2.05) is 19.9 Å². The van der Waals surface area contributed by atoms with Crippen molar-refractivity contribution in [2.75, 3.05) is 18.9 Å². The van der Waals surface area contributed by atoms with E-state index in [1.54, 1.807) is 22.8 Å². The van der Waals surface area contributed by atoms with E-state index in [1.165, 1.54) is 0 Å². The molecule has 126 valence electrons. The van der Waals surface area contributed by atoms with Crippen molar-refractivity contribution in [3.63, 3.8) is 0 Å². The minimum atomic E-state index is -0.617. The van der Waals surface area contributed by atoms with Gasteiger partial charge < -0.3 is 4.74 Å². The summed E-state index contributed by atoms with van der Waals surface area (Å²) in [4.78, 5) is 41.9. The molecule has 0 N–H and O–H groups in total. The number of cyclic esters (lactones) is 1. The predicted molar refractivity (Wildman–Crippen MR) is 90.2 cm³/mol. The Morgan fingerprint density at radius 3 is 2.75 bits per heavy atom. The number of hydrogen-bond acceptors (Lipinski definition) is 6. The second-order valence-corrected chi connectivity index (χ2v) is 6.57. The highest BCUT2D eigenvalue weighted by Gasteiger charge is 2.28. The van der Waals surface area contributed by atoms with Crippen LogP contribution in [0.1, 0.15) is 19.9 Å². The Hall–Kier alpha value is -2.35. The number of hydrogen-bond donors (Lipinski definition) is 0. The SMILES string of the molecule is CC(C)n1c(SCC(=O)N2CCOC2=O)nc2ccccc2c1=O. The molecule has 2 aromatic rings. The van der Waals surface area contributed by atoms with Crippen molar-refractivity contribution in [3.05, 3.63) is 34.6 Å². The standard InChI is InChI=1S/C16H17N3O4S/c1-10(2)19-14(21)11-5-3-4-6-12(11)17-15(19)24-9-13(20)18-7-8-23-16(18)22/h3-6,10H,7-9H2,1-2H3. The molecule has 0 unspecified atom stereocenters. The van der Waals surface area contributed by atoms with Crippen LogP contribution in [0.15, 0.2) is 34.2 Å². The lowest BCUT2D eigenvalue weighted by atomic mass is 10.2. The third kappa shape index (κ3) is 3.01. The molecule has 1 aliphatic heterocycles. The van der Waals surface area contributed by atoms with Crippen LogP contribution in [-0.2, 0) is 9.53 Å². The number of ether oxygens (including phenoxy) is 1. The largest absolute Gasteiger partial charge is 0.447 e. The lowest BCUT2D eigenvalue weighted by Gasteiger charge is -2.16. The van der Waals surface area contributed by atoms with E-state index in [0.717, 1.165) is 16.7 Å². The fourth-order valence-electron chi connectivity index (χ4n) is 2.51. The first-order valence-electron chi connectivity index (χ1n) is 7.60. The van der Waals surface area contributed by atoms with Gasteiger partial charge in [-0.3, -0.25) is 14.2 Å². The molecule has 8 heteroatoms. The molecular formula is C16H17N3O4S. The van der Waals surface area contributed by atoms with Gasteiger partial charge in [-0.05, 0) is 26.0 Å². The van der Waals surface area contributed by atoms with Gasteiger partial charge in [-0.15, -0.1) is 0 Å². The highest BCUT2D eigenvalue weighted by molar-refractivity contribution is 7.99. The average molecular weight is 347 g/mol. The van der Waals surface area contributed by atoms with Crippen molar-refractivity contribution in [1.82, 2.24) is 14.5 Å². The number of carbonyl (C=O) groups excluding carboxylic acids is 2. The van der Waals surface area contributed by atoms with Crippen molar-refractivity contribution in [3.8, 4) is 0 Å². The molecule has 3 rings (SSSR count). The van der Waals surface area contributed by atoms with Crippen molar-refractivity contribution in [2.24, 2.45) is 0 Å². The highest BCUT2D eigenvalue weighted by atomic mass is 32.2. The van der Waals surface area contributed by atoms with Crippen molar-refractivity contribution in [1.29, 1.82) is 0 Å². The zero-order valence-corrected chi connectivity index (χ0v) is 14.2. The molecule has 0 spiro atoms. The fourth-order valence-corrected chi connectivity index (χ4v) is 3.51. The maximum absolute atomic E-state index is 12.7. The summed E-state index contributed by atoms with van der Waals surface area (Å²) in [6, 6.07) is 7.03. The zero-order valence-electron chi connectivity index (χ0n) is 13.4. The number of nitrogens with zero attached hydrogens (tertiary/aromatic N) is 3. The molecule has 0 saturated carbocycles. The maximum atomic E-state index is 12.7. The molecule has 1 fully saturated rings. The Labute approximate surface area is 142 Å². The van der Waals surface area contributed by atoms with Crippen LogP contribution >= 0.6 is 11.8 Å². The van der Waals surface area contributed by atoms with Crippen LogP contribution < -0.4 is 5.56 Å². The average Bonchev–Trinajstić information content (AvgIpc) is 2.98. The van der Waals surface area contributed by atoms with E-state index in [0.29, 0.717) is 16.1 Å². The van der Waals surface area contributed by atoms with E-state index >= 15 is 0 Å². The van der Waals surface area contributed by atoms with Crippen LogP contribution in [0, 0.1) is 0 Å². The minimum Gasteiger partial charge on any atom is -0.447 e. The molecule has 2 amide bonds. The second-order valence-electron chi connectivity index (χ2n) is 5.63. The molecule has 0 atom stereocenters. The number of fused-ring (bicyclic) bond motifs is 1. The van der Waals surface area contributed by atoms with Crippen molar-refractivity contribution in [2.45, 2.75) is 25.0 Å². The van der Waals surface area contributed by atoms with Gasteiger partial charge in [0, 0.05) is 6.04 Å². The Bertz CT molecular complexity index is 862. The molecule has 2 heterocycles. The topological polar surface area (TPSA) is 81.5 Å². The number of amides is 2. The lowest BCUT2D eigenvalue weighted by Crippen LogP contribution is -2.33.